The van der Waals surface area contributed by atoms with Crippen molar-refractivity contribution in [3.63, 3.8) is 0 Å². The molecule has 0 bridgehead atoms. The highest BCUT2D eigenvalue weighted by Gasteiger charge is 2.26. The zero-order valence-electron chi connectivity index (χ0n) is 28.1. The molecule has 2 heterocycles. The fourth-order valence-electron chi connectivity index (χ4n) is 4.70. The highest BCUT2D eigenvalue weighted by molar-refractivity contribution is 6.32. The fourth-order valence-corrected chi connectivity index (χ4v) is 4.97. The van der Waals surface area contributed by atoms with E-state index in [1.807, 2.05) is 55.5 Å². The SMILES string of the molecule is CCCCc1nc(Cl)c(C(=O)OC(C)OC(=O)OCC)n1Cc1ccc(-c2ccccc2-c2nnn(COC(=O)OCCCON(O)O)n2)cc1. The molecular formula is C32H38ClN7O11. The Morgan fingerprint density at radius 2 is 1.67 bits per heavy atom. The molecule has 51 heavy (non-hydrogen) atoms. The lowest BCUT2D eigenvalue weighted by atomic mass is 9.98. The summed E-state index contributed by atoms with van der Waals surface area (Å²) in [6.07, 6.45) is -0.665. The Morgan fingerprint density at radius 3 is 2.37 bits per heavy atom. The van der Waals surface area contributed by atoms with Crippen LogP contribution in [-0.4, -0.2) is 90.0 Å². The van der Waals surface area contributed by atoms with Gasteiger partial charge in [-0.3, -0.25) is 15.3 Å². The summed E-state index contributed by atoms with van der Waals surface area (Å²) < 4.78 is 26.6. The number of unbranched alkanes of at least 4 members (excludes halogenated alkanes) is 1. The third-order valence-corrected chi connectivity index (χ3v) is 7.25. The van der Waals surface area contributed by atoms with Crippen LogP contribution in [0.2, 0.25) is 5.15 Å². The van der Waals surface area contributed by atoms with Gasteiger partial charge in [-0.15, -0.1) is 15.0 Å². The molecule has 19 heteroatoms. The summed E-state index contributed by atoms with van der Waals surface area (Å²) in [4.78, 5) is 46.6. The van der Waals surface area contributed by atoms with Crippen molar-refractivity contribution < 1.29 is 53.3 Å². The van der Waals surface area contributed by atoms with Crippen LogP contribution >= 0.6 is 11.6 Å². The second-order valence-corrected chi connectivity index (χ2v) is 11.0. The monoisotopic (exact) mass is 731 g/mol. The minimum absolute atomic E-state index is 0.0211. The second-order valence-electron chi connectivity index (χ2n) is 10.7. The average Bonchev–Trinajstić information content (AvgIpc) is 3.70. The van der Waals surface area contributed by atoms with E-state index in [9.17, 15) is 14.4 Å². The fraction of sp³-hybridized carbons (Fsp3) is 0.406. The molecule has 1 unspecified atom stereocenters. The summed E-state index contributed by atoms with van der Waals surface area (Å²) in [5, 5.41) is 28.9. The smallest absolute Gasteiger partial charge is 0.435 e. The lowest BCUT2D eigenvalue weighted by Crippen LogP contribution is -2.24. The van der Waals surface area contributed by atoms with Crippen molar-refractivity contribution in [3.05, 3.63) is 70.8 Å². The van der Waals surface area contributed by atoms with Crippen molar-refractivity contribution in [1.82, 2.24) is 35.1 Å². The number of esters is 1. The van der Waals surface area contributed by atoms with Gasteiger partial charge in [0.25, 0.3) is 0 Å². The lowest BCUT2D eigenvalue weighted by molar-refractivity contribution is -0.492. The Labute approximate surface area is 297 Å². The van der Waals surface area contributed by atoms with Gasteiger partial charge in [-0.05, 0) is 35.2 Å². The van der Waals surface area contributed by atoms with Gasteiger partial charge < -0.3 is 28.3 Å². The maximum Gasteiger partial charge on any atom is 0.511 e. The molecule has 274 valence electrons. The van der Waals surface area contributed by atoms with Crippen molar-refractivity contribution in [1.29, 1.82) is 0 Å². The molecule has 0 aliphatic heterocycles. The van der Waals surface area contributed by atoms with Crippen LogP contribution in [-0.2, 0) is 48.2 Å². The summed E-state index contributed by atoms with van der Waals surface area (Å²) in [7, 11) is 0. The number of ether oxygens (including phenoxy) is 5. The third kappa shape index (κ3) is 11.4. The topological polar surface area (TPSA) is 212 Å². The number of hydrogen-bond acceptors (Lipinski definition) is 16. The summed E-state index contributed by atoms with van der Waals surface area (Å²) in [5.41, 5.74) is 3.21. The average molecular weight is 732 g/mol. The minimum Gasteiger partial charge on any atom is -0.435 e. The molecule has 0 aliphatic carbocycles. The number of tetrazole rings is 1. The Balaban J connectivity index is 1.46. The zero-order chi connectivity index (χ0) is 36.8. The van der Waals surface area contributed by atoms with E-state index in [0.717, 1.165) is 34.3 Å². The number of rotatable bonds is 18. The molecule has 0 amide bonds. The molecule has 2 N–H and O–H groups in total. The van der Waals surface area contributed by atoms with E-state index >= 15 is 0 Å². The Morgan fingerprint density at radius 1 is 0.922 bits per heavy atom. The molecule has 18 nitrogen and oxygen atoms in total. The summed E-state index contributed by atoms with van der Waals surface area (Å²) in [6.45, 7) is 4.91. The van der Waals surface area contributed by atoms with Gasteiger partial charge in [-0.1, -0.05) is 73.5 Å². The van der Waals surface area contributed by atoms with Crippen LogP contribution in [0.15, 0.2) is 48.5 Å². The number of hydrogen-bond donors (Lipinski definition) is 2. The molecule has 4 rings (SSSR count). The molecule has 0 aliphatic rings. The van der Waals surface area contributed by atoms with Crippen LogP contribution in [0.1, 0.15) is 61.9 Å². The number of aryl methyl sites for hydroxylation is 1. The van der Waals surface area contributed by atoms with Gasteiger partial charge in [0.1, 0.15) is 5.82 Å². The van der Waals surface area contributed by atoms with Crippen LogP contribution in [0, 0.1) is 0 Å². The summed E-state index contributed by atoms with van der Waals surface area (Å²) >= 11 is 6.45. The van der Waals surface area contributed by atoms with Crippen LogP contribution < -0.4 is 0 Å². The molecule has 0 fully saturated rings. The van der Waals surface area contributed by atoms with Gasteiger partial charge in [0, 0.05) is 31.9 Å². The Hall–Kier alpha value is -5.14. The molecule has 2 aromatic carbocycles. The maximum absolute atomic E-state index is 13.2. The summed E-state index contributed by atoms with van der Waals surface area (Å²) in [5.74, 6) is 0.101. The molecule has 1 atom stereocenters. The number of nitrogens with zero attached hydrogens (tertiary/aromatic N) is 7. The quantitative estimate of drug-likeness (QED) is 0.0429. The van der Waals surface area contributed by atoms with E-state index in [1.165, 1.54) is 6.92 Å². The number of benzene rings is 2. The zero-order valence-corrected chi connectivity index (χ0v) is 28.9. The number of carbonyl (C=O) groups is 3. The molecule has 4 aromatic rings. The first kappa shape index (κ1) is 38.7. The first-order valence-electron chi connectivity index (χ1n) is 16.0. The number of carbonyl (C=O) groups excluding carboxylic acids is 3. The van der Waals surface area contributed by atoms with Crippen LogP contribution in [0.4, 0.5) is 9.59 Å². The Kier molecular flexibility index (Phi) is 14.6. The van der Waals surface area contributed by atoms with Crippen LogP contribution in [0.3, 0.4) is 0 Å². The van der Waals surface area contributed by atoms with Crippen molar-refractivity contribution in [3.8, 4) is 22.5 Å². The van der Waals surface area contributed by atoms with Crippen molar-refractivity contribution in [2.45, 2.75) is 66.0 Å². The first-order chi connectivity index (χ1) is 24.6. The van der Waals surface area contributed by atoms with Crippen molar-refractivity contribution in [2.75, 3.05) is 19.8 Å². The van der Waals surface area contributed by atoms with E-state index in [4.69, 9.17) is 45.7 Å². The van der Waals surface area contributed by atoms with Gasteiger partial charge in [0.2, 0.25) is 18.8 Å². The highest BCUT2D eigenvalue weighted by atomic mass is 35.5. The standard InChI is InChI=1S/C32H38ClN7O11/c1-4-6-12-26-34-28(33)27(30(41)50-21(3)51-32(43)46-5-2)38(26)19-22-13-15-23(16-14-22)24-10-7-8-11-25(24)29-35-37-39(36-29)20-48-31(42)47-17-9-18-49-40(44)45/h7-8,10-11,13-16,21,44-45H,4-6,9,12,17-20H2,1-3H3. The van der Waals surface area contributed by atoms with Crippen molar-refractivity contribution in [2.24, 2.45) is 0 Å². The van der Waals surface area contributed by atoms with E-state index in [0.29, 0.717) is 23.6 Å². The van der Waals surface area contributed by atoms with Gasteiger partial charge in [-0.2, -0.15) is 0 Å². The second kappa shape index (κ2) is 19.3. The first-order valence-corrected chi connectivity index (χ1v) is 16.3. The van der Waals surface area contributed by atoms with E-state index in [1.54, 1.807) is 11.5 Å². The molecular weight excluding hydrogens is 694 g/mol. The Bertz CT molecular complexity index is 1750. The van der Waals surface area contributed by atoms with Gasteiger partial charge in [0.05, 0.1) is 25.2 Å². The number of aromatic nitrogens is 6. The van der Waals surface area contributed by atoms with Gasteiger partial charge in [-0.25, -0.2) is 19.4 Å². The predicted octanol–water partition coefficient (Wildman–Crippen LogP) is 5.44. The number of halogens is 1. The molecule has 0 radical (unpaired) electrons. The molecule has 2 aromatic heterocycles. The largest absolute Gasteiger partial charge is 0.511 e. The van der Waals surface area contributed by atoms with Gasteiger partial charge in [0.15, 0.2) is 10.8 Å². The van der Waals surface area contributed by atoms with E-state index in [2.05, 4.69) is 25.2 Å². The molecule has 0 saturated carbocycles. The van der Waals surface area contributed by atoms with Crippen LogP contribution in [0.5, 0.6) is 0 Å². The van der Waals surface area contributed by atoms with Crippen LogP contribution in [0.25, 0.3) is 22.5 Å². The minimum atomic E-state index is -1.22. The van der Waals surface area contributed by atoms with Crippen molar-refractivity contribution >= 4 is 29.9 Å². The van der Waals surface area contributed by atoms with Gasteiger partial charge >= 0.3 is 18.3 Å². The molecule has 0 saturated heterocycles. The van der Waals surface area contributed by atoms with E-state index < -0.39 is 30.0 Å². The lowest BCUT2D eigenvalue weighted by Gasteiger charge is -2.16. The third-order valence-electron chi connectivity index (χ3n) is 6.99. The van der Waals surface area contributed by atoms with E-state index in [-0.39, 0.29) is 50.4 Å². The maximum atomic E-state index is 13.2. The highest BCUT2D eigenvalue weighted by Crippen LogP contribution is 2.30. The number of imidazole rings is 1. The summed E-state index contributed by atoms with van der Waals surface area (Å²) in [6, 6.07) is 15.1. The predicted molar refractivity (Wildman–Crippen MR) is 175 cm³/mol. The normalized spacial score (nSPS) is 11.7. The molecule has 0 spiro atoms.